The van der Waals surface area contributed by atoms with E-state index in [0.29, 0.717) is 31.5 Å². The number of anilines is 1. The summed E-state index contributed by atoms with van der Waals surface area (Å²) >= 11 is 0. The Bertz CT molecular complexity index is 2110. The average Bonchev–Trinajstić information content (AvgIpc) is 4.06. The van der Waals surface area contributed by atoms with Crippen molar-refractivity contribution in [2.75, 3.05) is 25.6 Å². The summed E-state index contributed by atoms with van der Waals surface area (Å²) in [5, 5.41) is 20.9. The number of carbonyl (C=O) groups is 2. The van der Waals surface area contributed by atoms with Crippen LogP contribution in [0.5, 0.6) is 0 Å². The van der Waals surface area contributed by atoms with Gasteiger partial charge in [-0.3, -0.25) is 23.2 Å². The quantitative estimate of drug-likeness (QED) is 0.0134. The molecule has 1 aromatic heterocycles. The van der Waals surface area contributed by atoms with Crippen molar-refractivity contribution < 1.29 is 71.0 Å². The number of epoxide rings is 1. The number of aliphatic hydroxyl groups is 2. The lowest BCUT2D eigenvalue weighted by Crippen LogP contribution is -2.36. The molecule has 0 aliphatic carbocycles. The Morgan fingerprint density at radius 1 is 0.667 bits per heavy atom. The van der Waals surface area contributed by atoms with Crippen molar-refractivity contribution in [1.29, 1.82) is 0 Å². The molecule has 3 heterocycles. The highest BCUT2D eigenvalue weighted by atomic mass is 31.3. The summed E-state index contributed by atoms with van der Waals surface area (Å²) in [6.45, 7) is 1.96. The van der Waals surface area contributed by atoms with Crippen LogP contribution in [-0.4, -0.2) is 97.9 Å². The zero-order valence-electron chi connectivity index (χ0n) is 44.3. The third-order valence-electron chi connectivity index (χ3n) is 12.2. The summed E-state index contributed by atoms with van der Waals surface area (Å²) in [6, 6.07) is 1.24. The largest absolute Gasteiger partial charge is 0.481 e. The molecule has 1 aromatic rings. The zero-order valence-corrected chi connectivity index (χ0v) is 46.1. The summed E-state index contributed by atoms with van der Waals surface area (Å²) in [5.74, 6) is -1.41. The van der Waals surface area contributed by atoms with Crippen molar-refractivity contribution >= 4 is 33.4 Å². The Hall–Kier alpha value is -3.84. The van der Waals surface area contributed by atoms with E-state index in [0.717, 1.165) is 94.2 Å². The number of unbranched alkanes of at least 4 members (excludes halogenated alkanes) is 13. The fourth-order valence-corrected chi connectivity index (χ4v) is 10.0. The van der Waals surface area contributed by atoms with Crippen molar-refractivity contribution in [2.45, 2.75) is 211 Å². The summed E-state index contributed by atoms with van der Waals surface area (Å²) in [4.78, 5) is 62.0. The Morgan fingerprint density at radius 2 is 1.21 bits per heavy atom. The van der Waals surface area contributed by atoms with E-state index < -0.39 is 83.7 Å². The standard InChI is InChI=1S/C54H87N3O16P2/c1-3-5-7-8-9-10-11-12-13-14-15-16-21-24-27-30-34-38-50(59)70-44(41-67-49(58)37-33-29-26-23-20-18-17-19-22-25-28-32-36-46-45(71-46)35-31-6-4-2)42-68-74(63,64)73-75(65,66)69-43-47-51(60)52(61)53(72-47)57-40-39-48(55)56-54(57)62/h6,12-13,18-20,22,26,28-29,31-32,39-40,44-47,51-53,60-61H,3-5,7-11,14-17,21,23-25,27,30,33-38,41-43H2,1-2H3,(H,63,64)(H,65,66)(H2,55,56,62)/b13-12-,20-18-,22-19-,29-26-,31-6-,32-28-/t44-,45?,46?,47-,51-,52-,53-/m1/s1. The van der Waals surface area contributed by atoms with Gasteiger partial charge in [-0.2, -0.15) is 9.29 Å². The number of rotatable bonds is 43. The second-order valence-corrected chi connectivity index (χ2v) is 21.8. The monoisotopic (exact) mass is 1100 g/mol. The third kappa shape index (κ3) is 30.6. The number of aromatic nitrogens is 2. The highest BCUT2D eigenvalue weighted by molar-refractivity contribution is 7.61. The molecule has 0 saturated carbocycles. The molecule has 3 rings (SSSR count). The summed E-state index contributed by atoms with van der Waals surface area (Å²) in [5.41, 5.74) is 4.59. The van der Waals surface area contributed by atoms with Crippen LogP contribution in [0, 0.1) is 0 Å². The van der Waals surface area contributed by atoms with E-state index in [4.69, 9.17) is 33.7 Å². The van der Waals surface area contributed by atoms with Crippen LogP contribution in [0.1, 0.15) is 174 Å². The number of nitrogens with two attached hydrogens (primary N) is 1. The van der Waals surface area contributed by atoms with Gasteiger partial charge in [0.25, 0.3) is 0 Å². The molecule has 2 aliphatic heterocycles. The molecule has 21 heteroatoms. The van der Waals surface area contributed by atoms with Gasteiger partial charge in [-0.25, -0.2) is 13.9 Å². The van der Waals surface area contributed by atoms with Crippen LogP contribution in [0.3, 0.4) is 0 Å². The fourth-order valence-electron chi connectivity index (χ4n) is 7.90. The Kier molecular flexibility index (Phi) is 33.7. The molecular weight excluding hydrogens is 1010 g/mol. The van der Waals surface area contributed by atoms with Gasteiger partial charge in [0, 0.05) is 19.0 Å². The first kappa shape index (κ1) is 65.4. The normalized spacial score (nSPS) is 22.1. The van der Waals surface area contributed by atoms with Crippen molar-refractivity contribution in [3.05, 3.63) is 95.7 Å². The molecule has 75 heavy (non-hydrogen) atoms. The minimum absolute atomic E-state index is 0.00515. The molecule has 0 spiro atoms. The second-order valence-electron chi connectivity index (χ2n) is 18.7. The maximum atomic E-state index is 12.9. The van der Waals surface area contributed by atoms with Gasteiger partial charge >= 0.3 is 33.3 Å². The number of hydrogen-bond acceptors (Lipinski definition) is 16. The van der Waals surface area contributed by atoms with E-state index >= 15 is 0 Å². The molecule has 9 atom stereocenters. The molecule has 19 nitrogen and oxygen atoms in total. The van der Waals surface area contributed by atoms with Crippen LogP contribution in [-0.2, 0) is 51.0 Å². The molecule has 0 amide bonds. The van der Waals surface area contributed by atoms with Gasteiger partial charge in [0.05, 0.1) is 25.4 Å². The van der Waals surface area contributed by atoms with Crippen molar-refractivity contribution in [1.82, 2.24) is 9.55 Å². The highest BCUT2D eigenvalue weighted by Crippen LogP contribution is 2.60. The number of carbonyl (C=O) groups excluding carboxylic acids is 2. The average molecular weight is 1100 g/mol. The Balaban J connectivity index is 1.40. The van der Waals surface area contributed by atoms with Gasteiger partial charge in [0.1, 0.15) is 30.7 Å². The summed E-state index contributed by atoms with van der Waals surface area (Å²) < 4.78 is 62.5. The number of phosphoric acid groups is 2. The van der Waals surface area contributed by atoms with E-state index in [2.05, 4.69) is 77.8 Å². The summed E-state index contributed by atoms with van der Waals surface area (Å²) in [7, 11) is -10.9. The van der Waals surface area contributed by atoms with Crippen LogP contribution >= 0.6 is 15.6 Å². The molecule has 0 radical (unpaired) electrons. The highest BCUT2D eigenvalue weighted by Gasteiger charge is 2.46. The molecule has 4 unspecified atom stereocenters. The van der Waals surface area contributed by atoms with Crippen LogP contribution in [0.2, 0.25) is 0 Å². The SMILES string of the molecule is CC/C=C\CC1OC1C/C=C\C/C=C\C/C=C\C/C=C\CCC(=O)OC[C@H](COP(=O)(O)OP(=O)(O)OC[C@H]1O[C@@H](n2ccc(N)nc2=O)[C@H](O)[C@@H]1O)OC(=O)CCCCCCCCC/C=C\CCCCCCCC. The van der Waals surface area contributed by atoms with E-state index in [1.54, 1.807) is 0 Å². The molecular formula is C54H87N3O16P2. The van der Waals surface area contributed by atoms with E-state index in [1.165, 1.54) is 44.6 Å². The second kappa shape index (κ2) is 38.7. The number of nitrogens with zero attached hydrogens (tertiary/aromatic N) is 2. The predicted octanol–water partition coefficient (Wildman–Crippen LogP) is 10.7. The lowest BCUT2D eigenvalue weighted by molar-refractivity contribution is -0.161. The van der Waals surface area contributed by atoms with Gasteiger partial charge in [-0.1, -0.05) is 151 Å². The van der Waals surface area contributed by atoms with Gasteiger partial charge in [-0.15, -0.1) is 0 Å². The molecule has 6 N–H and O–H groups in total. The van der Waals surface area contributed by atoms with Crippen molar-refractivity contribution in [2.24, 2.45) is 0 Å². The summed E-state index contributed by atoms with van der Waals surface area (Å²) in [6.07, 6.45) is 41.7. The lowest BCUT2D eigenvalue weighted by atomic mass is 10.1. The zero-order chi connectivity index (χ0) is 54.6. The van der Waals surface area contributed by atoms with Gasteiger partial charge in [0.2, 0.25) is 0 Å². The van der Waals surface area contributed by atoms with E-state index in [-0.39, 0.29) is 18.7 Å². The number of aliphatic hydroxyl groups excluding tert-OH is 2. The Labute approximate surface area is 444 Å². The first-order valence-corrected chi connectivity index (χ1v) is 30.1. The number of phosphoric ester groups is 2. The molecule has 2 aliphatic rings. The molecule has 424 valence electrons. The fraction of sp³-hybridized carbons (Fsp3) is 0.667. The molecule has 2 saturated heterocycles. The first-order chi connectivity index (χ1) is 36.1. The number of ether oxygens (including phenoxy) is 4. The van der Waals surface area contributed by atoms with Gasteiger partial charge in [0.15, 0.2) is 12.3 Å². The molecule has 0 aromatic carbocycles. The number of nitrogen functional groups attached to an aromatic ring is 1. The van der Waals surface area contributed by atoms with Crippen LogP contribution in [0.15, 0.2) is 90.0 Å². The maximum absolute atomic E-state index is 12.9. The minimum Gasteiger partial charge on any atom is -0.462 e. The number of allylic oxidation sites excluding steroid dienone is 10. The van der Waals surface area contributed by atoms with Crippen LogP contribution in [0.4, 0.5) is 5.82 Å². The first-order valence-electron chi connectivity index (χ1n) is 27.1. The molecule has 0 bridgehead atoms. The van der Waals surface area contributed by atoms with Crippen molar-refractivity contribution in [3.63, 3.8) is 0 Å². The lowest BCUT2D eigenvalue weighted by Gasteiger charge is -2.21. The maximum Gasteiger partial charge on any atom is 0.481 e. The smallest absolute Gasteiger partial charge is 0.462 e. The third-order valence-corrected chi connectivity index (χ3v) is 14.8. The van der Waals surface area contributed by atoms with E-state index in [1.807, 2.05) is 18.2 Å². The van der Waals surface area contributed by atoms with Crippen molar-refractivity contribution in [3.8, 4) is 0 Å². The number of hydrogen-bond donors (Lipinski definition) is 5. The molecule has 2 fully saturated rings. The van der Waals surface area contributed by atoms with Gasteiger partial charge < -0.3 is 44.7 Å². The van der Waals surface area contributed by atoms with Crippen LogP contribution in [0.25, 0.3) is 0 Å². The topological polar surface area (TPSA) is 278 Å². The number of esters is 2. The van der Waals surface area contributed by atoms with Crippen LogP contribution < -0.4 is 11.4 Å². The minimum atomic E-state index is -5.45. The Morgan fingerprint density at radius 3 is 1.83 bits per heavy atom. The van der Waals surface area contributed by atoms with Gasteiger partial charge in [-0.05, 0) is 83.1 Å². The van der Waals surface area contributed by atoms with E-state index in [9.17, 15) is 43.5 Å². The predicted molar refractivity (Wildman–Crippen MR) is 288 cm³/mol.